The van der Waals surface area contributed by atoms with Crippen LogP contribution in [0, 0.1) is 0 Å². The Morgan fingerprint density at radius 3 is 1.60 bits per heavy atom. The van der Waals surface area contributed by atoms with Gasteiger partial charge in [0, 0.05) is 45.3 Å². The van der Waals surface area contributed by atoms with Crippen LogP contribution in [0.15, 0.2) is 30.3 Å². The highest BCUT2D eigenvalue weighted by molar-refractivity contribution is 6.52. The Hall–Kier alpha value is -4.91. The van der Waals surface area contributed by atoms with E-state index in [4.69, 9.17) is 0 Å². The fourth-order valence-electron chi connectivity index (χ4n) is 4.30. The van der Waals surface area contributed by atoms with Crippen molar-refractivity contribution in [3.05, 3.63) is 35.9 Å². The van der Waals surface area contributed by atoms with Crippen LogP contribution in [-0.4, -0.2) is 112 Å². The number of hydrogen-bond acceptors (Lipinski definition) is 13. The van der Waals surface area contributed by atoms with E-state index in [9.17, 15) is 43.2 Å². The van der Waals surface area contributed by atoms with Crippen LogP contribution in [0.3, 0.4) is 0 Å². The summed E-state index contributed by atoms with van der Waals surface area (Å²) < 4.78 is 0. The van der Waals surface area contributed by atoms with E-state index in [1.165, 1.54) is 16.0 Å². The lowest BCUT2D eigenvalue weighted by Gasteiger charge is -2.20. The zero-order valence-corrected chi connectivity index (χ0v) is 26.5. The second kappa shape index (κ2) is 22.6. The summed E-state index contributed by atoms with van der Waals surface area (Å²) in [6.45, 7) is 3.86. The summed E-state index contributed by atoms with van der Waals surface area (Å²) >= 11 is 0. The smallest absolute Gasteiger partial charge is 0.316 e. The molecule has 9 amide bonds. The molecule has 0 aromatic heterocycles. The molecule has 0 saturated carbocycles. The fourth-order valence-corrected chi connectivity index (χ4v) is 4.30. The van der Waals surface area contributed by atoms with Gasteiger partial charge in [0.05, 0.1) is 6.54 Å². The van der Waals surface area contributed by atoms with E-state index in [0.717, 1.165) is 57.3 Å². The van der Waals surface area contributed by atoms with Crippen LogP contribution < -0.4 is 47.9 Å². The van der Waals surface area contributed by atoms with Gasteiger partial charge in [0.25, 0.3) is 0 Å². The van der Waals surface area contributed by atoms with Crippen molar-refractivity contribution in [1.82, 2.24) is 47.9 Å². The quantitative estimate of drug-likeness (QED) is 0.109. The molecule has 1 aromatic carbocycles. The summed E-state index contributed by atoms with van der Waals surface area (Å²) in [6.07, 6.45) is 4.67. The zero-order chi connectivity index (χ0) is 35.1. The molecule has 1 atom stereocenters. The average molecular weight is 674 g/mol. The maximum Gasteiger partial charge on any atom is 0.316 e. The lowest BCUT2D eigenvalue weighted by Crippen LogP contribution is -2.54. The molecule has 2 rings (SSSR count). The van der Waals surface area contributed by atoms with E-state index in [2.05, 4.69) is 26.6 Å². The lowest BCUT2D eigenvalue weighted by atomic mass is 10.1. The molecule has 0 spiro atoms. The summed E-state index contributed by atoms with van der Waals surface area (Å²) in [5.41, 5.74) is 1.15. The molecule has 18 heteroatoms. The second-order valence-electron chi connectivity index (χ2n) is 10.7. The molecule has 48 heavy (non-hydrogen) atoms. The van der Waals surface area contributed by atoms with E-state index in [1.807, 2.05) is 30.3 Å². The van der Waals surface area contributed by atoms with Crippen molar-refractivity contribution in [1.29, 1.82) is 0 Å². The highest BCUT2D eigenvalue weighted by Crippen LogP contribution is 2.05. The Balaban J connectivity index is 1.94. The highest BCUT2D eigenvalue weighted by Gasteiger charge is 2.28. The number of nitrogens with one attached hydrogen (secondary N) is 9. The molecular weight excluding hydrogens is 630 g/mol. The molecule has 1 unspecified atom stereocenters. The van der Waals surface area contributed by atoms with Gasteiger partial charge in [0.1, 0.15) is 0 Å². The minimum atomic E-state index is -1.82. The molecule has 9 N–H and O–H groups in total. The molecule has 0 radical (unpaired) electrons. The number of aryl methyl sites for hydroxylation is 1. The van der Waals surface area contributed by atoms with Crippen LogP contribution in [0.5, 0.6) is 0 Å². The van der Waals surface area contributed by atoms with Crippen LogP contribution in [-0.2, 0) is 49.6 Å². The predicted octanol–water partition coefficient (Wildman–Crippen LogP) is -4.39. The van der Waals surface area contributed by atoms with E-state index >= 15 is 0 Å². The topological polar surface area (TPSA) is 262 Å². The van der Waals surface area contributed by atoms with Crippen LogP contribution in [0.25, 0.3) is 0 Å². The van der Waals surface area contributed by atoms with Crippen molar-refractivity contribution < 1.29 is 43.2 Å². The van der Waals surface area contributed by atoms with Crippen LogP contribution >= 0.6 is 0 Å². The first kappa shape index (κ1) is 39.3. The largest absolute Gasteiger partial charge is 0.348 e. The molecule has 1 saturated heterocycles. The zero-order valence-electron chi connectivity index (χ0n) is 26.5. The van der Waals surface area contributed by atoms with Gasteiger partial charge in [-0.1, -0.05) is 43.2 Å². The molecule has 1 aliphatic rings. The summed E-state index contributed by atoms with van der Waals surface area (Å²) in [5.74, 6) is -13.9. The Labute approximate surface area is 277 Å². The number of benzene rings is 1. The van der Waals surface area contributed by atoms with E-state index in [0.29, 0.717) is 26.1 Å². The third-order valence-electron chi connectivity index (χ3n) is 6.84. The van der Waals surface area contributed by atoms with Crippen molar-refractivity contribution in [3.8, 4) is 0 Å². The molecule has 262 valence electrons. The van der Waals surface area contributed by atoms with Gasteiger partial charge in [0.15, 0.2) is 0 Å². The predicted molar refractivity (Wildman–Crippen MR) is 169 cm³/mol. The van der Waals surface area contributed by atoms with Gasteiger partial charge < -0.3 is 26.6 Å². The van der Waals surface area contributed by atoms with Gasteiger partial charge in [-0.15, -0.1) is 0 Å². The van der Waals surface area contributed by atoms with E-state index < -0.39 is 53.2 Å². The fraction of sp³-hybridized carbons (Fsp3) is 0.500. The third-order valence-corrected chi connectivity index (χ3v) is 6.84. The normalized spacial score (nSPS) is 20.8. The summed E-state index contributed by atoms with van der Waals surface area (Å²) in [7, 11) is 0. The first-order valence-corrected chi connectivity index (χ1v) is 15.6. The van der Waals surface area contributed by atoms with E-state index in [1.54, 1.807) is 5.32 Å². The second-order valence-corrected chi connectivity index (χ2v) is 10.7. The number of hydrogen-bond donors (Lipinski definition) is 9. The van der Waals surface area contributed by atoms with Crippen molar-refractivity contribution in [2.45, 2.75) is 44.6 Å². The number of carbonyl (C=O) groups excluding carboxylic acids is 9. The maximum atomic E-state index is 12.2. The van der Waals surface area contributed by atoms with Crippen LogP contribution in [0.2, 0.25) is 0 Å². The van der Waals surface area contributed by atoms with Gasteiger partial charge in [-0.2, -0.15) is 0 Å². The Morgan fingerprint density at radius 1 is 0.500 bits per heavy atom. The minimum Gasteiger partial charge on any atom is -0.348 e. The third kappa shape index (κ3) is 16.6. The first-order valence-electron chi connectivity index (χ1n) is 15.6. The SMILES string of the molecule is O=C1CNCC(CCc2ccccc2)NCCNCCNCCCCCCNC(=O)C(=O)NC(=O)C(=O)NC(=O)C(=O)NC(=O)C(=O)N1. The average Bonchev–Trinajstić information content (AvgIpc) is 3.06. The highest BCUT2D eigenvalue weighted by atomic mass is 16.2. The molecule has 1 fully saturated rings. The van der Waals surface area contributed by atoms with Crippen molar-refractivity contribution in [3.63, 3.8) is 0 Å². The van der Waals surface area contributed by atoms with E-state index in [-0.39, 0.29) is 19.1 Å². The summed E-state index contributed by atoms with van der Waals surface area (Å²) in [4.78, 5) is 108. The van der Waals surface area contributed by atoms with Crippen LogP contribution in [0.1, 0.15) is 37.7 Å². The number of rotatable bonds is 3. The molecular formula is C30H43N9O9. The van der Waals surface area contributed by atoms with Crippen molar-refractivity contribution in [2.24, 2.45) is 0 Å². The lowest BCUT2D eigenvalue weighted by molar-refractivity contribution is -0.150. The number of carbonyl (C=O) groups is 9. The Morgan fingerprint density at radius 2 is 1.00 bits per heavy atom. The van der Waals surface area contributed by atoms with Gasteiger partial charge >= 0.3 is 47.3 Å². The van der Waals surface area contributed by atoms with Gasteiger partial charge in [0.2, 0.25) is 5.91 Å². The van der Waals surface area contributed by atoms with Gasteiger partial charge in [-0.25, -0.2) is 0 Å². The van der Waals surface area contributed by atoms with Crippen molar-refractivity contribution in [2.75, 3.05) is 52.4 Å². The summed E-state index contributed by atoms with van der Waals surface area (Å²) in [5, 5.41) is 21.3. The Bertz CT molecular complexity index is 1310. The van der Waals surface area contributed by atoms with Gasteiger partial charge in [-0.3, -0.25) is 64.4 Å². The maximum absolute atomic E-state index is 12.2. The molecule has 1 aliphatic heterocycles. The monoisotopic (exact) mass is 673 g/mol. The van der Waals surface area contributed by atoms with Gasteiger partial charge in [-0.05, 0) is 37.8 Å². The number of amides is 9. The minimum absolute atomic E-state index is 0.0334. The molecule has 0 aliphatic carbocycles. The Kier molecular flexibility index (Phi) is 18.5. The molecule has 0 bridgehead atoms. The van der Waals surface area contributed by atoms with Crippen molar-refractivity contribution >= 4 is 53.2 Å². The molecule has 1 aromatic rings. The van der Waals surface area contributed by atoms with Crippen LogP contribution in [0.4, 0.5) is 0 Å². The summed E-state index contributed by atoms with van der Waals surface area (Å²) in [6, 6.07) is 9.85. The molecule has 18 nitrogen and oxygen atoms in total. The molecule has 1 heterocycles. The standard InChI is InChI=1S/C30H43N9O9/c40-22-19-33-18-21(11-10-20-8-4-3-5-9-20)34-17-16-32-15-14-31-12-6-1-2-7-13-35-23(41)24(42)37-27(45)28(46)39-30(48)29(47)38-26(44)25(43)36-22/h3-5,8-9,21,31-34H,1-2,6-7,10-19H2,(H,35,41)(H,36,40,43)(H,37,42,45)(H,38,44,47)(H,39,46,48). The first-order chi connectivity index (χ1) is 23.1. The number of imide groups is 4.